The topological polar surface area (TPSA) is 62.3 Å². The zero-order valence-electron chi connectivity index (χ0n) is 16.8. The second-order valence-electron chi connectivity index (χ2n) is 7.57. The van der Waals surface area contributed by atoms with Gasteiger partial charge < -0.3 is 10.2 Å². The van der Waals surface area contributed by atoms with Crippen LogP contribution in [0.3, 0.4) is 0 Å². The molecule has 0 saturated carbocycles. The average Bonchev–Trinajstić information content (AvgIpc) is 3.46. The van der Waals surface area contributed by atoms with E-state index in [4.69, 9.17) is 4.98 Å². The molecule has 3 aromatic carbocycles. The molecule has 5 nitrogen and oxygen atoms in total. The number of carbonyl (C=O) groups excluding carboxylic acids is 2. The minimum Gasteiger partial charge on any atom is -0.329 e. The smallest absolute Gasteiger partial charge is 0.255 e. The summed E-state index contributed by atoms with van der Waals surface area (Å²) in [6.45, 7) is 0.728. The summed E-state index contributed by atoms with van der Waals surface area (Å²) in [5.74, 6) is -0.169. The van der Waals surface area contributed by atoms with Crippen molar-refractivity contribution >= 4 is 39.1 Å². The molecule has 2 amide bonds. The summed E-state index contributed by atoms with van der Waals surface area (Å²) < 4.78 is 1.15. The third-order valence-corrected chi connectivity index (χ3v) is 6.67. The molecule has 1 saturated heterocycles. The fourth-order valence-electron chi connectivity index (χ4n) is 3.95. The minimum atomic E-state index is -0.171. The van der Waals surface area contributed by atoms with Crippen molar-refractivity contribution in [2.24, 2.45) is 0 Å². The number of nitrogens with one attached hydrogen (secondary N) is 1. The molecule has 0 radical (unpaired) electrons. The quantitative estimate of drug-likeness (QED) is 0.466. The third-order valence-electron chi connectivity index (χ3n) is 5.53. The standard InChI is InChI=1S/C25H21N3O2S/c29-23(17-7-2-1-3-8-17)26-19-14-12-18(13-15-19)25(30)28-16-6-10-21(28)24-27-20-9-4-5-11-22(20)31-24/h1-5,7-9,11-15,21H,6,10,16H2,(H,26,29). The zero-order chi connectivity index (χ0) is 21.2. The lowest BCUT2D eigenvalue weighted by molar-refractivity contribution is 0.0735. The van der Waals surface area contributed by atoms with Crippen molar-refractivity contribution in [3.8, 4) is 0 Å². The first-order valence-electron chi connectivity index (χ1n) is 10.3. The zero-order valence-corrected chi connectivity index (χ0v) is 17.6. The molecule has 0 bridgehead atoms. The number of thiazole rings is 1. The van der Waals surface area contributed by atoms with Crippen LogP contribution in [0.25, 0.3) is 10.2 Å². The van der Waals surface area contributed by atoms with Crippen LogP contribution in [0.1, 0.15) is 44.6 Å². The Morgan fingerprint density at radius 2 is 1.65 bits per heavy atom. The van der Waals surface area contributed by atoms with Crippen molar-refractivity contribution in [2.75, 3.05) is 11.9 Å². The molecule has 1 aromatic heterocycles. The van der Waals surface area contributed by atoms with Crippen LogP contribution in [0.5, 0.6) is 0 Å². The van der Waals surface area contributed by atoms with Gasteiger partial charge in [0.05, 0.1) is 16.3 Å². The largest absolute Gasteiger partial charge is 0.329 e. The highest BCUT2D eigenvalue weighted by Crippen LogP contribution is 2.37. The highest BCUT2D eigenvalue weighted by Gasteiger charge is 2.32. The van der Waals surface area contributed by atoms with Crippen LogP contribution in [-0.2, 0) is 0 Å². The van der Waals surface area contributed by atoms with Gasteiger partial charge in [-0.15, -0.1) is 11.3 Å². The van der Waals surface area contributed by atoms with Crippen LogP contribution in [0.4, 0.5) is 5.69 Å². The van der Waals surface area contributed by atoms with Crippen LogP contribution in [0.15, 0.2) is 78.9 Å². The summed E-state index contributed by atoms with van der Waals surface area (Å²) in [4.78, 5) is 32.2. The molecule has 1 N–H and O–H groups in total. The van der Waals surface area contributed by atoms with Gasteiger partial charge in [0.1, 0.15) is 5.01 Å². The van der Waals surface area contributed by atoms with Gasteiger partial charge in [0, 0.05) is 23.4 Å². The van der Waals surface area contributed by atoms with Crippen LogP contribution in [0, 0.1) is 0 Å². The Hall–Kier alpha value is -3.51. The molecule has 0 spiro atoms. The maximum atomic E-state index is 13.2. The molecule has 1 atom stereocenters. The molecular formula is C25H21N3O2S. The van der Waals surface area contributed by atoms with Crippen molar-refractivity contribution in [3.05, 3.63) is 95.0 Å². The number of carbonyl (C=O) groups is 2. The van der Waals surface area contributed by atoms with Crippen molar-refractivity contribution in [1.29, 1.82) is 0 Å². The van der Waals surface area contributed by atoms with Gasteiger partial charge in [0.2, 0.25) is 0 Å². The number of anilines is 1. The van der Waals surface area contributed by atoms with Gasteiger partial charge in [-0.3, -0.25) is 9.59 Å². The van der Waals surface area contributed by atoms with E-state index in [1.807, 2.05) is 41.3 Å². The maximum absolute atomic E-state index is 13.2. The molecule has 6 heteroatoms. The SMILES string of the molecule is O=C(Nc1ccc(C(=O)N2CCCC2c2nc3ccccc3s2)cc1)c1ccccc1. The highest BCUT2D eigenvalue weighted by atomic mass is 32.1. The number of nitrogens with zero attached hydrogens (tertiary/aromatic N) is 2. The summed E-state index contributed by atoms with van der Waals surface area (Å²) in [5, 5.41) is 3.87. The number of hydrogen-bond acceptors (Lipinski definition) is 4. The Labute approximate surface area is 184 Å². The van der Waals surface area contributed by atoms with Gasteiger partial charge in [-0.25, -0.2) is 4.98 Å². The fraction of sp³-hybridized carbons (Fsp3) is 0.160. The van der Waals surface area contributed by atoms with Crippen molar-refractivity contribution in [2.45, 2.75) is 18.9 Å². The fourth-order valence-corrected chi connectivity index (χ4v) is 5.07. The van der Waals surface area contributed by atoms with E-state index in [0.29, 0.717) is 16.8 Å². The Morgan fingerprint density at radius 3 is 2.42 bits per heavy atom. The van der Waals surface area contributed by atoms with Gasteiger partial charge in [0.25, 0.3) is 11.8 Å². The van der Waals surface area contributed by atoms with E-state index >= 15 is 0 Å². The van der Waals surface area contributed by atoms with Gasteiger partial charge in [0.15, 0.2) is 0 Å². The first kappa shape index (κ1) is 19.5. The molecule has 0 aliphatic carbocycles. The normalized spacial score (nSPS) is 15.9. The summed E-state index contributed by atoms with van der Waals surface area (Å²) in [6, 6.07) is 24.3. The van der Waals surface area contributed by atoms with E-state index < -0.39 is 0 Å². The maximum Gasteiger partial charge on any atom is 0.255 e. The van der Waals surface area contributed by atoms with E-state index in [1.165, 1.54) is 0 Å². The molecule has 1 fully saturated rings. The average molecular weight is 428 g/mol. The number of hydrogen-bond donors (Lipinski definition) is 1. The lowest BCUT2D eigenvalue weighted by atomic mass is 10.1. The minimum absolute atomic E-state index is 0.00249. The monoisotopic (exact) mass is 427 g/mol. The summed E-state index contributed by atoms with van der Waals surface area (Å²) >= 11 is 1.67. The van der Waals surface area contributed by atoms with E-state index in [9.17, 15) is 9.59 Å². The third kappa shape index (κ3) is 3.94. The first-order valence-corrected chi connectivity index (χ1v) is 11.1. The van der Waals surface area contributed by atoms with Crippen molar-refractivity contribution in [3.63, 3.8) is 0 Å². The molecule has 2 heterocycles. The van der Waals surface area contributed by atoms with Gasteiger partial charge >= 0.3 is 0 Å². The molecule has 154 valence electrons. The Bertz CT molecular complexity index is 1200. The van der Waals surface area contributed by atoms with Crippen LogP contribution < -0.4 is 5.32 Å². The van der Waals surface area contributed by atoms with Crippen LogP contribution in [-0.4, -0.2) is 28.2 Å². The first-order chi connectivity index (χ1) is 15.2. The second-order valence-corrected chi connectivity index (χ2v) is 8.64. The highest BCUT2D eigenvalue weighted by molar-refractivity contribution is 7.18. The predicted molar refractivity (Wildman–Crippen MR) is 123 cm³/mol. The number of likely N-dealkylation sites (tertiary alicyclic amines) is 1. The predicted octanol–water partition coefficient (Wildman–Crippen LogP) is 5.53. The molecule has 1 aliphatic rings. The van der Waals surface area contributed by atoms with Crippen molar-refractivity contribution < 1.29 is 9.59 Å². The molecule has 5 rings (SSSR count). The molecule has 31 heavy (non-hydrogen) atoms. The van der Waals surface area contributed by atoms with E-state index in [-0.39, 0.29) is 17.9 Å². The van der Waals surface area contributed by atoms with Gasteiger partial charge in [-0.2, -0.15) is 0 Å². The summed E-state index contributed by atoms with van der Waals surface area (Å²) in [5.41, 5.74) is 2.86. The number of aromatic nitrogens is 1. The Balaban J connectivity index is 1.31. The second kappa shape index (κ2) is 8.32. The number of fused-ring (bicyclic) bond motifs is 1. The molecule has 4 aromatic rings. The van der Waals surface area contributed by atoms with E-state index in [1.54, 1.807) is 47.7 Å². The summed E-state index contributed by atoms with van der Waals surface area (Å²) in [6.07, 6.45) is 1.90. The van der Waals surface area contributed by atoms with Gasteiger partial charge in [-0.05, 0) is 61.4 Å². The number of rotatable bonds is 4. The van der Waals surface area contributed by atoms with Gasteiger partial charge in [-0.1, -0.05) is 30.3 Å². The lowest BCUT2D eigenvalue weighted by Gasteiger charge is -2.23. The van der Waals surface area contributed by atoms with Crippen LogP contribution >= 0.6 is 11.3 Å². The Morgan fingerprint density at radius 1 is 0.903 bits per heavy atom. The number of para-hydroxylation sites is 1. The number of amides is 2. The molecular weight excluding hydrogens is 406 g/mol. The molecule has 1 unspecified atom stereocenters. The Kier molecular flexibility index (Phi) is 5.22. The summed E-state index contributed by atoms with van der Waals surface area (Å²) in [7, 11) is 0. The lowest BCUT2D eigenvalue weighted by Crippen LogP contribution is -2.30. The number of benzene rings is 3. The molecule has 1 aliphatic heterocycles. The van der Waals surface area contributed by atoms with E-state index in [0.717, 1.165) is 34.6 Å². The van der Waals surface area contributed by atoms with Crippen molar-refractivity contribution in [1.82, 2.24) is 9.88 Å². The van der Waals surface area contributed by atoms with E-state index in [2.05, 4.69) is 11.4 Å². The van der Waals surface area contributed by atoms with Crippen LogP contribution in [0.2, 0.25) is 0 Å².